The first kappa shape index (κ1) is 7.16. The molecule has 0 radical (unpaired) electrons. The van der Waals surface area contributed by atoms with Gasteiger partial charge in [-0.15, -0.1) is 0 Å². The van der Waals surface area contributed by atoms with Crippen LogP contribution in [-0.2, 0) is 7.05 Å². The lowest BCUT2D eigenvalue weighted by Gasteiger charge is -1.98. The SMILES string of the molecule is CNc1nc2ccccc2n1C. The van der Waals surface area contributed by atoms with Crippen LogP contribution in [0.15, 0.2) is 24.3 Å². The molecule has 0 fully saturated rings. The highest BCUT2D eigenvalue weighted by Gasteiger charge is 2.03. The smallest absolute Gasteiger partial charge is 0.203 e. The van der Waals surface area contributed by atoms with Gasteiger partial charge in [0.15, 0.2) is 0 Å². The van der Waals surface area contributed by atoms with E-state index in [1.54, 1.807) is 0 Å². The molecule has 0 bridgehead atoms. The van der Waals surface area contributed by atoms with Gasteiger partial charge in [0.05, 0.1) is 11.0 Å². The highest BCUT2D eigenvalue weighted by atomic mass is 15.2. The maximum atomic E-state index is 4.38. The van der Waals surface area contributed by atoms with Crippen molar-refractivity contribution in [1.29, 1.82) is 0 Å². The van der Waals surface area contributed by atoms with Crippen molar-refractivity contribution in [2.75, 3.05) is 12.4 Å². The number of hydrogen-bond donors (Lipinski definition) is 1. The summed E-state index contributed by atoms with van der Waals surface area (Å²) in [5.74, 6) is 0.899. The summed E-state index contributed by atoms with van der Waals surface area (Å²) < 4.78 is 2.04. The molecule has 0 spiro atoms. The van der Waals surface area contributed by atoms with E-state index < -0.39 is 0 Å². The number of aromatic nitrogens is 2. The van der Waals surface area contributed by atoms with Gasteiger partial charge in [-0.1, -0.05) is 12.1 Å². The molecule has 1 heterocycles. The second-order valence-corrected chi connectivity index (χ2v) is 2.73. The molecule has 3 heteroatoms. The highest BCUT2D eigenvalue weighted by molar-refractivity contribution is 5.78. The fourth-order valence-corrected chi connectivity index (χ4v) is 1.37. The maximum Gasteiger partial charge on any atom is 0.203 e. The zero-order valence-electron chi connectivity index (χ0n) is 7.20. The molecule has 1 N–H and O–H groups in total. The van der Waals surface area contributed by atoms with E-state index >= 15 is 0 Å². The van der Waals surface area contributed by atoms with E-state index in [1.807, 2.05) is 36.9 Å². The van der Waals surface area contributed by atoms with Gasteiger partial charge in [0.2, 0.25) is 5.95 Å². The van der Waals surface area contributed by atoms with Crippen molar-refractivity contribution in [3.63, 3.8) is 0 Å². The molecule has 0 saturated heterocycles. The third-order valence-electron chi connectivity index (χ3n) is 2.01. The summed E-state index contributed by atoms with van der Waals surface area (Å²) >= 11 is 0. The Morgan fingerprint density at radius 3 is 2.75 bits per heavy atom. The van der Waals surface area contributed by atoms with Gasteiger partial charge in [0.1, 0.15) is 0 Å². The van der Waals surface area contributed by atoms with Crippen LogP contribution in [0.25, 0.3) is 11.0 Å². The summed E-state index contributed by atoms with van der Waals surface area (Å²) in [6, 6.07) is 8.08. The van der Waals surface area contributed by atoms with Gasteiger partial charge in [-0.2, -0.15) is 0 Å². The molecule has 0 atom stereocenters. The Hall–Kier alpha value is -1.51. The lowest BCUT2D eigenvalue weighted by molar-refractivity contribution is 0.952. The number of imidazole rings is 1. The van der Waals surface area contributed by atoms with E-state index in [0.717, 1.165) is 17.0 Å². The summed E-state index contributed by atoms with van der Waals surface area (Å²) in [4.78, 5) is 4.38. The van der Waals surface area contributed by atoms with E-state index in [9.17, 15) is 0 Å². The van der Waals surface area contributed by atoms with Crippen LogP contribution in [0.4, 0.5) is 5.95 Å². The third-order valence-corrected chi connectivity index (χ3v) is 2.01. The number of benzene rings is 1. The van der Waals surface area contributed by atoms with Crippen molar-refractivity contribution in [3.8, 4) is 0 Å². The topological polar surface area (TPSA) is 29.9 Å². The summed E-state index contributed by atoms with van der Waals surface area (Å²) in [7, 11) is 3.88. The van der Waals surface area contributed by atoms with Crippen LogP contribution in [0.1, 0.15) is 0 Å². The van der Waals surface area contributed by atoms with Crippen LogP contribution >= 0.6 is 0 Å². The first-order valence-electron chi connectivity index (χ1n) is 3.92. The Morgan fingerprint density at radius 1 is 1.33 bits per heavy atom. The number of nitrogens with one attached hydrogen (secondary N) is 1. The molecule has 3 nitrogen and oxygen atoms in total. The number of aryl methyl sites for hydroxylation is 1. The molecule has 12 heavy (non-hydrogen) atoms. The van der Waals surface area contributed by atoms with Crippen LogP contribution in [0.2, 0.25) is 0 Å². The highest BCUT2D eigenvalue weighted by Crippen LogP contribution is 2.16. The third kappa shape index (κ3) is 0.863. The Kier molecular flexibility index (Phi) is 1.50. The predicted molar refractivity (Wildman–Crippen MR) is 50.3 cm³/mol. The molecule has 0 aliphatic heterocycles. The summed E-state index contributed by atoms with van der Waals surface area (Å²) in [5, 5.41) is 3.04. The van der Waals surface area contributed by atoms with Crippen LogP contribution in [0.5, 0.6) is 0 Å². The van der Waals surface area contributed by atoms with Crippen LogP contribution in [0, 0.1) is 0 Å². The van der Waals surface area contributed by atoms with E-state index in [-0.39, 0.29) is 0 Å². The Labute approximate surface area is 71.0 Å². The van der Waals surface area contributed by atoms with Crippen LogP contribution in [0.3, 0.4) is 0 Å². The lowest BCUT2D eigenvalue weighted by Crippen LogP contribution is -1.97. The number of fused-ring (bicyclic) bond motifs is 1. The molecule has 0 saturated carbocycles. The quantitative estimate of drug-likeness (QED) is 0.688. The number of hydrogen-bond acceptors (Lipinski definition) is 2. The van der Waals surface area contributed by atoms with Crippen LogP contribution in [-0.4, -0.2) is 16.6 Å². The molecule has 2 aromatic rings. The standard InChI is InChI=1S/C9H11N3/c1-10-9-11-7-5-3-4-6-8(7)12(9)2/h3-6H,1-2H3,(H,10,11). The number of anilines is 1. The molecular weight excluding hydrogens is 150 g/mol. The lowest BCUT2D eigenvalue weighted by atomic mass is 10.3. The molecule has 2 rings (SSSR count). The predicted octanol–water partition coefficient (Wildman–Crippen LogP) is 1.61. The minimum Gasteiger partial charge on any atom is -0.359 e. The number of nitrogens with zero attached hydrogens (tertiary/aromatic N) is 2. The van der Waals surface area contributed by atoms with Crippen LogP contribution < -0.4 is 5.32 Å². The normalized spacial score (nSPS) is 10.5. The number of rotatable bonds is 1. The first-order chi connectivity index (χ1) is 5.83. The fourth-order valence-electron chi connectivity index (χ4n) is 1.37. The fraction of sp³-hybridized carbons (Fsp3) is 0.222. The molecule has 0 unspecified atom stereocenters. The van der Waals surface area contributed by atoms with E-state index in [1.165, 1.54) is 0 Å². The second-order valence-electron chi connectivity index (χ2n) is 2.73. The largest absolute Gasteiger partial charge is 0.359 e. The van der Waals surface area contributed by atoms with Crippen molar-refractivity contribution >= 4 is 17.0 Å². The van der Waals surface area contributed by atoms with Gasteiger partial charge in [0, 0.05) is 14.1 Å². The zero-order chi connectivity index (χ0) is 8.55. The molecule has 1 aromatic carbocycles. The van der Waals surface area contributed by atoms with Crippen molar-refractivity contribution in [2.24, 2.45) is 7.05 Å². The molecule has 62 valence electrons. The maximum absolute atomic E-state index is 4.38. The Balaban J connectivity index is 2.78. The molecule has 0 aliphatic rings. The monoisotopic (exact) mass is 161 g/mol. The van der Waals surface area contributed by atoms with E-state index in [0.29, 0.717) is 0 Å². The average molecular weight is 161 g/mol. The first-order valence-corrected chi connectivity index (χ1v) is 3.92. The van der Waals surface area contributed by atoms with Gasteiger partial charge in [-0.05, 0) is 12.1 Å². The van der Waals surface area contributed by atoms with Gasteiger partial charge in [-0.25, -0.2) is 4.98 Å². The van der Waals surface area contributed by atoms with Crippen molar-refractivity contribution in [2.45, 2.75) is 0 Å². The minimum absolute atomic E-state index is 0.899. The molecule has 0 amide bonds. The molecule has 0 aliphatic carbocycles. The zero-order valence-corrected chi connectivity index (χ0v) is 7.20. The van der Waals surface area contributed by atoms with Gasteiger partial charge >= 0.3 is 0 Å². The second kappa shape index (κ2) is 2.52. The van der Waals surface area contributed by atoms with Gasteiger partial charge in [0.25, 0.3) is 0 Å². The molecular formula is C9H11N3. The van der Waals surface area contributed by atoms with Gasteiger partial charge in [-0.3, -0.25) is 0 Å². The van der Waals surface area contributed by atoms with Crippen molar-refractivity contribution in [1.82, 2.24) is 9.55 Å². The van der Waals surface area contributed by atoms with Crippen molar-refractivity contribution in [3.05, 3.63) is 24.3 Å². The average Bonchev–Trinajstić information content (AvgIpc) is 2.44. The summed E-state index contributed by atoms with van der Waals surface area (Å²) in [6.07, 6.45) is 0. The van der Waals surface area contributed by atoms with E-state index in [4.69, 9.17) is 0 Å². The minimum atomic E-state index is 0.899. The Morgan fingerprint density at radius 2 is 2.08 bits per heavy atom. The number of para-hydroxylation sites is 2. The summed E-state index contributed by atoms with van der Waals surface area (Å²) in [5.41, 5.74) is 2.19. The van der Waals surface area contributed by atoms with Gasteiger partial charge < -0.3 is 9.88 Å². The summed E-state index contributed by atoms with van der Waals surface area (Å²) in [6.45, 7) is 0. The Bertz CT molecular complexity index is 403. The molecule has 1 aromatic heterocycles. The van der Waals surface area contributed by atoms with Crippen molar-refractivity contribution < 1.29 is 0 Å². The van der Waals surface area contributed by atoms with E-state index in [2.05, 4.69) is 16.4 Å².